The van der Waals surface area contributed by atoms with Crippen molar-refractivity contribution in [2.75, 3.05) is 20.7 Å². The van der Waals surface area contributed by atoms with Crippen LogP contribution < -0.4 is 9.47 Å². The first-order valence-corrected chi connectivity index (χ1v) is 14.7. The lowest BCUT2D eigenvalue weighted by atomic mass is 10.1. The third kappa shape index (κ3) is 7.08. The first-order chi connectivity index (χ1) is 22.2. The molecule has 0 aliphatic rings. The predicted molar refractivity (Wildman–Crippen MR) is 171 cm³/mol. The van der Waals surface area contributed by atoms with Crippen LogP contribution in [0.1, 0.15) is 25.0 Å². The van der Waals surface area contributed by atoms with Crippen LogP contribution in [0.5, 0.6) is 17.4 Å². The number of benzene rings is 3. The number of pyridine rings is 1. The van der Waals surface area contributed by atoms with Gasteiger partial charge < -0.3 is 28.4 Å². The van der Waals surface area contributed by atoms with Gasteiger partial charge in [0.2, 0.25) is 11.8 Å². The van der Waals surface area contributed by atoms with Gasteiger partial charge in [0.1, 0.15) is 18.0 Å². The molecule has 46 heavy (non-hydrogen) atoms. The summed E-state index contributed by atoms with van der Waals surface area (Å²) in [6.45, 7) is 3.95. The van der Waals surface area contributed by atoms with Crippen LogP contribution in [-0.4, -0.2) is 58.2 Å². The van der Waals surface area contributed by atoms with Crippen LogP contribution in [-0.2, 0) is 33.8 Å². The standard InChI is InChI=1S/C34H34N4O8/c1-22(2)44-34(40)46-33-26(21-43-4)31-28(19-35-33)37(20-30(39)36(3)18-17-23-9-6-5-7-10-23)27-11-8-12-29(32(27)31)45-25-15-13-24(14-16-25)38(41)42/h5-16,19,22H,17-18,20-21H2,1-4H3. The van der Waals surface area contributed by atoms with Gasteiger partial charge in [-0.2, -0.15) is 0 Å². The van der Waals surface area contributed by atoms with Gasteiger partial charge in [-0.1, -0.05) is 36.4 Å². The number of aromatic nitrogens is 2. The molecule has 2 heterocycles. The number of hydrogen-bond acceptors (Lipinski definition) is 9. The van der Waals surface area contributed by atoms with Gasteiger partial charge in [0.05, 0.1) is 45.8 Å². The van der Waals surface area contributed by atoms with Crippen molar-refractivity contribution in [1.82, 2.24) is 14.5 Å². The average Bonchev–Trinajstić information content (AvgIpc) is 3.35. The number of ether oxygens (including phenoxy) is 4. The number of methoxy groups -OCH3 is 1. The van der Waals surface area contributed by atoms with Gasteiger partial charge in [0.25, 0.3) is 5.69 Å². The highest BCUT2D eigenvalue weighted by atomic mass is 16.7. The smallest absolute Gasteiger partial charge is 0.457 e. The summed E-state index contributed by atoms with van der Waals surface area (Å²) in [4.78, 5) is 42.9. The summed E-state index contributed by atoms with van der Waals surface area (Å²) in [7, 11) is 3.27. The molecule has 5 rings (SSSR count). The molecule has 0 bridgehead atoms. The van der Waals surface area contributed by atoms with Crippen LogP contribution in [0.2, 0.25) is 0 Å². The average molecular weight is 627 g/mol. The second-order valence-electron chi connectivity index (χ2n) is 10.9. The lowest BCUT2D eigenvalue weighted by molar-refractivity contribution is -0.384. The summed E-state index contributed by atoms with van der Waals surface area (Å²) in [6.07, 6.45) is 0.923. The minimum atomic E-state index is -0.916. The van der Waals surface area contributed by atoms with Crippen molar-refractivity contribution in [2.24, 2.45) is 0 Å². The van der Waals surface area contributed by atoms with E-state index in [4.69, 9.17) is 18.9 Å². The first-order valence-electron chi connectivity index (χ1n) is 14.7. The Hall–Kier alpha value is -5.49. The number of hydrogen-bond donors (Lipinski definition) is 0. The van der Waals surface area contributed by atoms with Crippen molar-refractivity contribution in [3.63, 3.8) is 0 Å². The number of non-ortho nitro benzene ring substituents is 1. The zero-order valence-electron chi connectivity index (χ0n) is 26.0. The summed E-state index contributed by atoms with van der Waals surface area (Å²) >= 11 is 0. The molecule has 0 atom stereocenters. The topological polar surface area (TPSA) is 135 Å². The molecule has 0 aliphatic carbocycles. The SMILES string of the molecule is COCc1c(OC(=O)OC(C)C)ncc2c1c1c(Oc3ccc([N+](=O)[O-])cc3)cccc1n2CC(=O)N(C)CCc1ccccc1. The van der Waals surface area contributed by atoms with Gasteiger partial charge in [-0.15, -0.1) is 0 Å². The Balaban J connectivity index is 1.61. The second-order valence-corrected chi connectivity index (χ2v) is 10.9. The van der Waals surface area contributed by atoms with Crippen molar-refractivity contribution in [1.29, 1.82) is 0 Å². The van der Waals surface area contributed by atoms with Crippen LogP contribution >= 0.6 is 0 Å². The van der Waals surface area contributed by atoms with Crippen molar-refractivity contribution in [2.45, 2.75) is 39.5 Å². The second kappa shape index (κ2) is 14.1. The Morgan fingerprint density at radius 2 is 1.72 bits per heavy atom. The molecule has 0 saturated carbocycles. The van der Waals surface area contributed by atoms with Crippen molar-refractivity contribution in [3.05, 3.63) is 100 Å². The molecule has 5 aromatic rings. The van der Waals surface area contributed by atoms with E-state index in [-0.39, 0.29) is 30.6 Å². The molecule has 0 spiro atoms. The quantitative estimate of drug-likeness (QED) is 0.0846. The van der Waals surface area contributed by atoms with E-state index >= 15 is 0 Å². The number of fused-ring (bicyclic) bond motifs is 3. The van der Waals surface area contributed by atoms with Crippen LogP contribution in [0.3, 0.4) is 0 Å². The molecule has 0 saturated heterocycles. The first kappa shape index (κ1) is 31.9. The van der Waals surface area contributed by atoms with E-state index in [0.29, 0.717) is 51.8 Å². The van der Waals surface area contributed by atoms with Crippen LogP contribution in [0.4, 0.5) is 10.5 Å². The normalized spacial score (nSPS) is 11.2. The number of nitrogens with zero attached hydrogens (tertiary/aromatic N) is 4. The maximum absolute atomic E-state index is 13.6. The highest BCUT2D eigenvalue weighted by Gasteiger charge is 2.25. The van der Waals surface area contributed by atoms with Gasteiger partial charge in [0.15, 0.2) is 0 Å². The van der Waals surface area contributed by atoms with E-state index in [0.717, 1.165) is 5.56 Å². The van der Waals surface area contributed by atoms with Crippen LogP contribution in [0, 0.1) is 10.1 Å². The largest absolute Gasteiger partial charge is 0.515 e. The third-order valence-electron chi connectivity index (χ3n) is 7.33. The minimum Gasteiger partial charge on any atom is -0.457 e. The molecular formula is C34H34N4O8. The molecule has 238 valence electrons. The van der Waals surface area contributed by atoms with E-state index in [1.165, 1.54) is 31.4 Å². The zero-order valence-corrected chi connectivity index (χ0v) is 26.0. The van der Waals surface area contributed by atoms with Gasteiger partial charge in [-0.25, -0.2) is 9.78 Å². The number of carbonyl (C=O) groups is 2. The third-order valence-corrected chi connectivity index (χ3v) is 7.33. The maximum Gasteiger partial charge on any atom is 0.515 e. The summed E-state index contributed by atoms with van der Waals surface area (Å²) in [5, 5.41) is 12.4. The molecule has 0 fully saturated rings. The number of rotatable bonds is 12. The molecule has 12 heteroatoms. The van der Waals surface area contributed by atoms with Gasteiger partial charge >= 0.3 is 6.16 Å². The number of carbonyl (C=O) groups excluding carboxylic acids is 2. The summed E-state index contributed by atoms with van der Waals surface area (Å²) in [5.41, 5.74) is 2.77. The summed E-state index contributed by atoms with van der Waals surface area (Å²) in [6, 6.07) is 21.1. The highest BCUT2D eigenvalue weighted by molar-refractivity contribution is 6.13. The van der Waals surface area contributed by atoms with E-state index in [1.54, 1.807) is 44.1 Å². The Bertz CT molecular complexity index is 1870. The Labute approximate surface area is 265 Å². The van der Waals surface area contributed by atoms with Crippen molar-refractivity contribution >= 4 is 39.6 Å². The zero-order chi connectivity index (χ0) is 32.8. The molecule has 0 aliphatic heterocycles. The minimum absolute atomic E-state index is 0.00400. The molecule has 12 nitrogen and oxygen atoms in total. The highest BCUT2D eigenvalue weighted by Crippen LogP contribution is 2.41. The van der Waals surface area contributed by atoms with Gasteiger partial charge in [-0.05, 0) is 50.1 Å². The molecule has 0 unspecified atom stereocenters. The predicted octanol–water partition coefficient (Wildman–Crippen LogP) is 6.66. The Morgan fingerprint density at radius 3 is 2.39 bits per heavy atom. The fourth-order valence-corrected chi connectivity index (χ4v) is 5.13. The summed E-state index contributed by atoms with van der Waals surface area (Å²) in [5.74, 6) is 0.662. The number of likely N-dealkylation sites (N-methyl/N-ethyl adjacent to an activating group) is 1. The molecule has 3 aromatic carbocycles. The molecular weight excluding hydrogens is 592 g/mol. The van der Waals surface area contributed by atoms with E-state index < -0.39 is 17.2 Å². The Kier molecular flexibility index (Phi) is 9.77. The number of nitro benzene ring substituents is 1. The number of nitro groups is 1. The number of amides is 1. The lowest BCUT2D eigenvalue weighted by Gasteiger charge is -2.18. The van der Waals surface area contributed by atoms with E-state index in [9.17, 15) is 19.7 Å². The Morgan fingerprint density at radius 1 is 0.978 bits per heavy atom. The van der Waals surface area contributed by atoms with E-state index in [2.05, 4.69) is 4.98 Å². The van der Waals surface area contributed by atoms with Gasteiger partial charge in [0, 0.05) is 38.2 Å². The fraction of sp³-hybridized carbons (Fsp3) is 0.265. The molecule has 0 N–H and O–H groups in total. The van der Waals surface area contributed by atoms with Gasteiger partial charge in [-0.3, -0.25) is 14.9 Å². The van der Waals surface area contributed by atoms with Crippen LogP contribution in [0.15, 0.2) is 79.0 Å². The van der Waals surface area contributed by atoms with E-state index in [1.807, 2.05) is 41.0 Å². The molecule has 2 aromatic heterocycles. The monoisotopic (exact) mass is 626 g/mol. The van der Waals surface area contributed by atoms with Crippen molar-refractivity contribution in [3.8, 4) is 17.4 Å². The van der Waals surface area contributed by atoms with Crippen LogP contribution in [0.25, 0.3) is 21.8 Å². The molecule has 1 amide bonds. The summed E-state index contributed by atoms with van der Waals surface area (Å²) < 4.78 is 24.3. The maximum atomic E-state index is 13.6. The fourth-order valence-electron chi connectivity index (χ4n) is 5.13. The van der Waals surface area contributed by atoms with Crippen molar-refractivity contribution < 1.29 is 33.5 Å². The molecule has 0 radical (unpaired) electrons. The lowest BCUT2D eigenvalue weighted by Crippen LogP contribution is -2.31.